The van der Waals surface area contributed by atoms with E-state index in [9.17, 15) is 0 Å². The molecule has 0 saturated carbocycles. The molecule has 0 radical (unpaired) electrons. The van der Waals surface area contributed by atoms with Crippen molar-refractivity contribution in [2.24, 2.45) is 0 Å². The van der Waals surface area contributed by atoms with Crippen LogP contribution in [-0.4, -0.2) is 15.0 Å². The van der Waals surface area contributed by atoms with E-state index >= 15 is 0 Å². The van der Waals surface area contributed by atoms with Gasteiger partial charge in [0.2, 0.25) is 0 Å². The van der Waals surface area contributed by atoms with Gasteiger partial charge >= 0.3 is 0 Å². The van der Waals surface area contributed by atoms with E-state index in [0.29, 0.717) is 17.5 Å². The number of aromatic nitrogens is 3. The molecule has 0 N–H and O–H groups in total. The zero-order chi connectivity index (χ0) is 44.0. The minimum atomic E-state index is 0.0468. The Morgan fingerprint density at radius 1 is 0.403 bits per heavy atom. The fourth-order valence-corrected chi connectivity index (χ4v) is 11.9. The van der Waals surface area contributed by atoms with E-state index in [1.807, 2.05) is 17.4 Å². The molecule has 3 heterocycles. The third-order valence-corrected chi connectivity index (χ3v) is 15.1. The highest BCUT2D eigenvalue weighted by Crippen LogP contribution is 2.48. The van der Waals surface area contributed by atoms with Crippen LogP contribution in [0.4, 0.5) is 0 Å². The summed E-state index contributed by atoms with van der Waals surface area (Å²) in [4.78, 5) is 16.3. The molecule has 10 aromatic carbocycles. The normalized spacial score (nSPS) is 13.7. The van der Waals surface area contributed by atoms with Crippen molar-refractivity contribution in [2.75, 3.05) is 0 Å². The van der Waals surface area contributed by atoms with Crippen LogP contribution in [0, 0.1) is 0 Å². The standard InChI is InChI=1S/C62H39N3OS/c1-2-13-37(14-3-1)39-18-12-19-43(32-39)60-63-61(44-27-30-57-52(34-44)48-21-9-11-24-56(48)67-57)65-62(64-60)53-35-45(36-55-59(53)50-22-8-10-23-54(50)66-55)47-28-26-42-31-40-16-4-5-17-41(40)33-51(42)49-29-25-38-15-6-7-20-46(38)58(47)49/h1-25,27,29-36,47H,26,28H2/t47-/m1/s1. The Bertz CT molecular complexity index is 4130. The molecular weight excluding hydrogens is 835 g/mol. The minimum Gasteiger partial charge on any atom is -0.456 e. The third-order valence-electron chi connectivity index (χ3n) is 13.9. The molecule has 0 unspecified atom stereocenters. The lowest BCUT2D eigenvalue weighted by Gasteiger charge is -2.22. The van der Waals surface area contributed by atoms with Gasteiger partial charge in [-0.05, 0) is 128 Å². The zero-order valence-electron chi connectivity index (χ0n) is 36.3. The molecule has 0 spiro atoms. The lowest BCUT2D eigenvalue weighted by atomic mass is 9.81. The number of rotatable bonds is 5. The first-order valence-corrected chi connectivity index (χ1v) is 23.8. The number of nitrogens with zero attached hydrogens (tertiary/aromatic N) is 3. The van der Waals surface area contributed by atoms with E-state index in [1.54, 1.807) is 0 Å². The topological polar surface area (TPSA) is 51.8 Å². The van der Waals surface area contributed by atoms with E-state index < -0.39 is 0 Å². The Morgan fingerprint density at radius 3 is 1.94 bits per heavy atom. The maximum atomic E-state index is 6.87. The molecule has 314 valence electrons. The van der Waals surface area contributed by atoms with Crippen LogP contribution >= 0.6 is 11.3 Å². The van der Waals surface area contributed by atoms with Crippen LogP contribution in [0.5, 0.6) is 0 Å². The van der Waals surface area contributed by atoms with Gasteiger partial charge in [-0.15, -0.1) is 11.3 Å². The summed E-state index contributed by atoms with van der Waals surface area (Å²) in [5.74, 6) is 1.90. The van der Waals surface area contributed by atoms with E-state index in [2.05, 4.69) is 200 Å². The second-order valence-corrected chi connectivity index (χ2v) is 18.9. The molecule has 1 atom stereocenters. The molecule has 1 aliphatic carbocycles. The van der Waals surface area contributed by atoms with Gasteiger partial charge in [0.05, 0.1) is 0 Å². The van der Waals surface area contributed by atoms with E-state index in [0.717, 1.165) is 62.6 Å². The van der Waals surface area contributed by atoms with Crippen LogP contribution in [0.1, 0.15) is 29.0 Å². The van der Waals surface area contributed by atoms with Crippen molar-refractivity contribution < 1.29 is 4.42 Å². The number of para-hydroxylation sites is 1. The summed E-state index contributed by atoms with van der Waals surface area (Å²) in [6, 6.07) is 74.4. The van der Waals surface area contributed by atoms with Crippen molar-refractivity contribution in [3.63, 3.8) is 0 Å². The summed E-state index contributed by atoms with van der Waals surface area (Å²) < 4.78 is 9.37. The fraction of sp³-hybridized carbons (Fsp3) is 0.0484. The second kappa shape index (κ2) is 15.2. The van der Waals surface area contributed by atoms with E-state index in [1.165, 1.54) is 69.5 Å². The molecule has 3 aromatic heterocycles. The molecule has 13 aromatic rings. The number of benzene rings is 10. The summed E-state index contributed by atoms with van der Waals surface area (Å²) in [5.41, 5.74) is 13.2. The van der Waals surface area contributed by atoms with Crippen molar-refractivity contribution in [3.05, 3.63) is 223 Å². The van der Waals surface area contributed by atoms with Crippen LogP contribution in [0.25, 0.3) is 120 Å². The van der Waals surface area contributed by atoms with Gasteiger partial charge in [0.1, 0.15) is 11.2 Å². The zero-order valence-corrected chi connectivity index (χ0v) is 37.1. The molecule has 0 amide bonds. The highest BCUT2D eigenvalue weighted by Gasteiger charge is 2.29. The van der Waals surface area contributed by atoms with Crippen molar-refractivity contribution in [1.29, 1.82) is 0 Å². The summed E-state index contributed by atoms with van der Waals surface area (Å²) in [6.07, 6.45) is 1.85. The number of hydrogen-bond donors (Lipinski definition) is 0. The molecule has 5 heteroatoms. The van der Waals surface area contributed by atoms with Crippen LogP contribution in [0.15, 0.2) is 211 Å². The summed E-state index contributed by atoms with van der Waals surface area (Å²) in [6.45, 7) is 0. The van der Waals surface area contributed by atoms with Gasteiger partial charge in [-0.2, -0.15) is 0 Å². The van der Waals surface area contributed by atoms with Crippen molar-refractivity contribution in [2.45, 2.75) is 18.8 Å². The van der Waals surface area contributed by atoms with Crippen LogP contribution in [-0.2, 0) is 6.42 Å². The predicted molar refractivity (Wildman–Crippen MR) is 279 cm³/mol. The number of thiophene rings is 1. The maximum Gasteiger partial charge on any atom is 0.164 e. The van der Waals surface area contributed by atoms with Crippen molar-refractivity contribution >= 4 is 75.0 Å². The number of fused-ring (bicyclic) bond motifs is 12. The van der Waals surface area contributed by atoms with Gasteiger partial charge < -0.3 is 4.42 Å². The Morgan fingerprint density at radius 2 is 1.07 bits per heavy atom. The number of furan rings is 1. The maximum absolute atomic E-state index is 6.87. The summed E-state index contributed by atoms with van der Waals surface area (Å²) in [5, 5.41) is 9.51. The highest BCUT2D eigenvalue weighted by molar-refractivity contribution is 7.25. The minimum absolute atomic E-state index is 0.0468. The predicted octanol–water partition coefficient (Wildman–Crippen LogP) is 16.9. The first-order valence-electron chi connectivity index (χ1n) is 23.0. The monoisotopic (exact) mass is 873 g/mol. The fourth-order valence-electron chi connectivity index (χ4n) is 10.8. The van der Waals surface area contributed by atoms with Crippen molar-refractivity contribution in [3.8, 4) is 56.4 Å². The Kier molecular flexibility index (Phi) is 8.61. The lowest BCUT2D eigenvalue weighted by molar-refractivity contribution is 0.665. The molecule has 0 fully saturated rings. The average molecular weight is 874 g/mol. The number of hydrogen-bond acceptors (Lipinski definition) is 5. The quantitative estimate of drug-likeness (QED) is 0.173. The van der Waals surface area contributed by atoms with Gasteiger partial charge in [0.25, 0.3) is 0 Å². The molecule has 0 bridgehead atoms. The molecule has 67 heavy (non-hydrogen) atoms. The van der Waals surface area contributed by atoms with Gasteiger partial charge in [-0.25, -0.2) is 15.0 Å². The van der Waals surface area contributed by atoms with Crippen LogP contribution < -0.4 is 0 Å². The Labute approximate surface area is 390 Å². The molecule has 4 nitrogen and oxygen atoms in total. The van der Waals surface area contributed by atoms with Crippen LogP contribution in [0.3, 0.4) is 0 Å². The van der Waals surface area contributed by atoms with Gasteiger partial charge in [0.15, 0.2) is 17.5 Å². The first-order chi connectivity index (χ1) is 33.2. The van der Waals surface area contributed by atoms with Gasteiger partial charge in [0, 0.05) is 53.6 Å². The van der Waals surface area contributed by atoms with Crippen LogP contribution in [0.2, 0.25) is 0 Å². The second-order valence-electron chi connectivity index (χ2n) is 17.8. The van der Waals surface area contributed by atoms with Crippen molar-refractivity contribution in [1.82, 2.24) is 15.0 Å². The SMILES string of the molecule is c1ccc(-c2cccc(-c3nc(-c4ccc5sc6ccccc6c5c4)nc(-c4cc([C@H]5CCc6cc7ccccc7cc6-c6ccc7ccccc7c65)cc5oc6ccccc6c45)n3)c2)cc1. The van der Waals surface area contributed by atoms with Gasteiger partial charge in [-0.3, -0.25) is 0 Å². The largest absolute Gasteiger partial charge is 0.456 e. The first kappa shape index (κ1) is 38.1. The van der Waals surface area contributed by atoms with Gasteiger partial charge in [-0.1, -0.05) is 152 Å². The third kappa shape index (κ3) is 6.30. The lowest BCUT2D eigenvalue weighted by Crippen LogP contribution is -2.05. The highest BCUT2D eigenvalue weighted by atomic mass is 32.1. The average Bonchev–Trinajstić information content (AvgIpc) is 3.91. The molecule has 0 aliphatic heterocycles. The molecule has 1 aliphatic rings. The van der Waals surface area contributed by atoms with E-state index in [4.69, 9.17) is 19.4 Å². The smallest absolute Gasteiger partial charge is 0.164 e. The molecule has 14 rings (SSSR count). The molecule has 0 saturated heterocycles. The number of aryl methyl sites for hydroxylation is 1. The Balaban J connectivity index is 1.03. The Hall–Kier alpha value is -8.25. The summed E-state index contributed by atoms with van der Waals surface area (Å²) >= 11 is 1.81. The molecular formula is C62H39N3OS. The van der Waals surface area contributed by atoms with E-state index in [-0.39, 0.29) is 5.92 Å². The summed E-state index contributed by atoms with van der Waals surface area (Å²) in [7, 11) is 0.